The average molecular weight is 211 g/mol. The fourth-order valence-corrected chi connectivity index (χ4v) is 0.300. The van der Waals surface area contributed by atoms with Gasteiger partial charge in [-0.05, 0) is 0 Å². The molecule has 0 atom stereocenters. The van der Waals surface area contributed by atoms with Crippen LogP contribution in [0.3, 0.4) is 0 Å². The van der Waals surface area contributed by atoms with Gasteiger partial charge in [-0.1, -0.05) is 0 Å². The van der Waals surface area contributed by atoms with Gasteiger partial charge >= 0.3 is 52.8 Å². The molecule has 0 aliphatic heterocycles. The topological polar surface area (TPSA) is 23.8 Å². The van der Waals surface area contributed by atoms with Gasteiger partial charge in [0.2, 0.25) is 0 Å². The van der Waals surface area contributed by atoms with Crippen molar-refractivity contribution in [2.75, 3.05) is 0 Å². The van der Waals surface area contributed by atoms with Gasteiger partial charge in [-0.25, -0.2) is 0 Å². The molecule has 3 heteroatoms. The normalized spacial score (nSPS) is 6.17. The fourth-order valence-electron chi connectivity index (χ4n) is 0.0577. The Balaban J connectivity index is 3.51. The first-order valence-electron chi connectivity index (χ1n) is 1.25. The molecule has 0 saturated heterocycles. The zero-order valence-corrected chi connectivity index (χ0v) is 6.67. The summed E-state index contributed by atoms with van der Waals surface area (Å²) in [6.07, 6.45) is 1.46. The molecular weight excluding hydrogens is 208 g/mol. The molecule has 0 unspecified atom stereocenters. The van der Waals surface area contributed by atoms with Gasteiger partial charge in [0, 0.05) is 0 Å². The molecule has 0 bridgehead atoms. The van der Waals surface area contributed by atoms with Crippen LogP contribution in [0.2, 0.25) is 0 Å². The Morgan fingerprint density at radius 3 is 2.17 bits per heavy atom. The molecule has 0 fully saturated rings. The van der Waals surface area contributed by atoms with Crippen LogP contribution in [0.4, 0.5) is 0 Å². The van der Waals surface area contributed by atoms with Crippen molar-refractivity contribution < 1.29 is 0 Å². The molecular formula is C3H3NSe2. The number of hydrogen-bond acceptors (Lipinski definition) is 1. The molecule has 1 nitrogen and oxygen atoms in total. The summed E-state index contributed by atoms with van der Waals surface area (Å²) >= 11 is 4.52. The van der Waals surface area contributed by atoms with Crippen molar-refractivity contribution >= 4 is 32.0 Å². The second-order valence-electron chi connectivity index (χ2n) is 0.632. The van der Waals surface area contributed by atoms with E-state index in [1.807, 2.05) is 6.07 Å². The minimum atomic E-state index is 0.928. The molecule has 0 saturated carbocycles. The van der Waals surface area contributed by atoms with Crippen LogP contribution in [0.1, 0.15) is 0 Å². The second-order valence-corrected chi connectivity index (χ2v) is 4.32. The molecule has 0 aliphatic carbocycles. The maximum atomic E-state index is 7.89. The third-order valence-corrected chi connectivity index (χ3v) is 0.735. The molecule has 0 aliphatic rings. The summed E-state index contributed by atoms with van der Waals surface area (Å²) in [5.41, 5.74) is 0. The van der Waals surface area contributed by atoms with Gasteiger partial charge in [0.1, 0.15) is 0 Å². The molecule has 0 spiro atoms. The Labute approximate surface area is 53.0 Å². The molecule has 0 aromatic carbocycles. The molecule has 0 amide bonds. The van der Waals surface area contributed by atoms with E-state index in [2.05, 4.69) is 32.0 Å². The van der Waals surface area contributed by atoms with Crippen molar-refractivity contribution in [2.24, 2.45) is 0 Å². The van der Waals surface area contributed by atoms with Crippen LogP contribution in [-0.2, 0) is 0 Å². The van der Waals surface area contributed by atoms with Crippen molar-refractivity contribution in [3.05, 3.63) is 9.45 Å². The number of nitrogens with zero attached hydrogens (tertiary/aromatic N) is 1. The van der Waals surface area contributed by atoms with E-state index in [4.69, 9.17) is 5.26 Å². The minimum absolute atomic E-state index is 0.928. The predicted octanol–water partition coefficient (Wildman–Crippen LogP) is -0.847. The van der Waals surface area contributed by atoms with E-state index in [-0.39, 0.29) is 0 Å². The van der Waals surface area contributed by atoms with Gasteiger partial charge in [-0.3, -0.25) is 0 Å². The predicted molar refractivity (Wildman–Crippen MR) is 28.0 cm³/mol. The van der Waals surface area contributed by atoms with Crippen LogP contribution in [0.25, 0.3) is 0 Å². The van der Waals surface area contributed by atoms with Gasteiger partial charge in [-0.15, -0.1) is 0 Å². The first kappa shape index (κ1) is 6.27. The standard InChI is InChI=1S/C3H3NSe2/c4-2-1-3(5)6/h1,5-6H. The van der Waals surface area contributed by atoms with Crippen LogP contribution in [0, 0.1) is 11.3 Å². The van der Waals surface area contributed by atoms with Gasteiger partial charge in [-0.2, -0.15) is 0 Å². The molecule has 0 heterocycles. The monoisotopic (exact) mass is 213 g/mol. The van der Waals surface area contributed by atoms with Crippen LogP contribution in [-0.4, -0.2) is 32.0 Å². The molecule has 32 valence electrons. The SMILES string of the molecule is N#CC=C([SeH])[SeH]. The van der Waals surface area contributed by atoms with E-state index in [1.165, 1.54) is 6.08 Å². The number of nitriles is 1. The molecule has 0 aromatic heterocycles. The summed E-state index contributed by atoms with van der Waals surface area (Å²) in [5, 5.41) is 7.89. The molecule has 6 heavy (non-hydrogen) atoms. The molecule has 0 N–H and O–H groups in total. The first-order chi connectivity index (χ1) is 2.77. The Kier molecular flexibility index (Phi) is 3.61. The van der Waals surface area contributed by atoms with E-state index in [9.17, 15) is 0 Å². The van der Waals surface area contributed by atoms with Crippen molar-refractivity contribution in [1.82, 2.24) is 0 Å². The van der Waals surface area contributed by atoms with E-state index in [0.29, 0.717) is 0 Å². The Morgan fingerprint density at radius 1 is 1.67 bits per heavy atom. The van der Waals surface area contributed by atoms with Gasteiger partial charge in [0.05, 0.1) is 0 Å². The Morgan fingerprint density at radius 2 is 2.17 bits per heavy atom. The molecule has 0 rings (SSSR count). The average Bonchev–Trinajstić information content (AvgIpc) is 1.35. The van der Waals surface area contributed by atoms with Gasteiger partial charge in [0.15, 0.2) is 0 Å². The van der Waals surface area contributed by atoms with Gasteiger partial charge in [0.25, 0.3) is 0 Å². The van der Waals surface area contributed by atoms with E-state index in [0.717, 1.165) is 3.37 Å². The van der Waals surface area contributed by atoms with Crippen molar-refractivity contribution in [1.29, 1.82) is 5.26 Å². The van der Waals surface area contributed by atoms with E-state index < -0.39 is 0 Å². The van der Waals surface area contributed by atoms with Crippen LogP contribution in [0.5, 0.6) is 0 Å². The fraction of sp³-hybridized carbons (Fsp3) is 0. The van der Waals surface area contributed by atoms with Crippen LogP contribution < -0.4 is 0 Å². The molecule has 0 radical (unpaired) electrons. The summed E-state index contributed by atoms with van der Waals surface area (Å²) in [6.45, 7) is 0. The third kappa shape index (κ3) is 4.27. The summed E-state index contributed by atoms with van der Waals surface area (Å²) in [6, 6.07) is 1.87. The van der Waals surface area contributed by atoms with Gasteiger partial charge < -0.3 is 0 Å². The van der Waals surface area contributed by atoms with E-state index >= 15 is 0 Å². The van der Waals surface area contributed by atoms with E-state index in [1.54, 1.807) is 0 Å². The summed E-state index contributed by atoms with van der Waals surface area (Å²) in [4.78, 5) is 0. The summed E-state index contributed by atoms with van der Waals surface area (Å²) in [7, 11) is 0. The number of hydrogen-bond donors (Lipinski definition) is 0. The van der Waals surface area contributed by atoms with Crippen LogP contribution >= 0.6 is 0 Å². The zero-order chi connectivity index (χ0) is 4.99. The van der Waals surface area contributed by atoms with Crippen molar-refractivity contribution in [2.45, 2.75) is 0 Å². The third-order valence-electron chi connectivity index (χ3n) is 0.194. The molecule has 0 aromatic rings. The summed E-state index contributed by atoms with van der Waals surface area (Å²) in [5.74, 6) is 0. The summed E-state index contributed by atoms with van der Waals surface area (Å²) < 4.78 is 0.928. The van der Waals surface area contributed by atoms with Crippen molar-refractivity contribution in [3.63, 3.8) is 0 Å². The maximum absolute atomic E-state index is 7.89. The van der Waals surface area contributed by atoms with Crippen molar-refractivity contribution in [3.8, 4) is 6.07 Å². The quantitative estimate of drug-likeness (QED) is 0.378. The van der Waals surface area contributed by atoms with Crippen LogP contribution in [0.15, 0.2) is 9.45 Å². The second kappa shape index (κ2) is 3.46. The zero-order valence-electron chi connectivity index (χ0n) is 2.92. The first-order valence-corrected chi connectivity index (χ1v) is 3.12. The number of allylic oxidation sites excluding steroid dienone is 1. The number of rotatable bonds is 0. The Bertz CT molecular complexity index is 95.9. The Hall–Kier alpha value is 0.269.